The molecule has 0 fully saturated rings. The molecule has 0 spiro atoms. The van der Waals surface area contributed by atoms with Crippen LogP contribution in [0.15, 0.2) is 36.3 Å². The van der Waals surface area contributed by atoms with Crippen LogP contribution in [0, 0.1) is 0 Å². The minimum Gasteiger partial charge on any atom is -0.494 e. The van der Waals surface area contributed by atoms with Gasteiger partial charge in [0.1, 0.15) is 19.5 Å². The zero-order valence-corrected chi connectivity index (χ0v) is 12.7. The molecular weight excluding hydrogens is 284 g/mol. The summed E-state index contributed by atoms with van der Waals surface area (Å²) in [6.45, 7) is 4.67. The monoisotopic (exact) mass is 304 g/mol. The summed E-state index contributed by atoms with van der Waals surface area (Å²) in [6, 6.07) is 6.91. The summed E-state index contributed by atoms with van der Waals surface area (Å²) in [6.07, 6.45) is 2.11. The van der Waals surface area contributed by atoms with E-state index in [1.54, 1.807) is 24.3 Å². The summed E-state index contributed by atoms with van der Waals surface area (Å²) in [5.41, 5.74) is 0.844. The molecular formula is C16H20N2O4. The van der Waals surface area contributed by atoms with Crippen LogP contribution in [0.5, 0.6) is 0 Å². The average Bonchev–Trinajstić information content (AvgIpc) is 2.55. The van der Waals surface area contributed by atoms with Gasteiger partial charge in [0.15, 0.2) is 0 Å². The summed E-state index contributed by atoms with van der Waals surface area (Å²) >= 11 is 0. The number of hydrogen-bond donors (Lipinski definition) is 2. The maximum absolute atomic E-state index is 12.3. The van der Waals surface area contributed by atoms with Crippen molar-refractivity contribution in [1.82, 2.24) is 5.32 Å². The van der Waals surface area contributed by atoms with Gasteiger partial charge in [-0.25, -0.2) is 0 Å². The molecule has 2 amide bonds. The Morgan fingerprint density at radius 3 is 2.68 bits per heavy atom. The molecule has 0 radical (unpaired) electrons. The van der Waals surface area contributed by atoms with E-state index in [0.717, 1.165) is 6.42 Å². The maximum atomic E-state index is 12.3. The van der Waals surface area contributed by atoms with Crippen molar-refractivity contribution < 1.29 is 19.1 Å². The molecule has 0 bridgehead atoms. The van der Waals surface area contributed by atoms with E-state index in [2.05, 4.69) is 10.6 Å². The van der Waals surface area contributed by atoms with Crippen molar-refractivity contribution in [2.75, 3.05) is 18.5 Å². The van der Waals surface area contributed by atoms with Gasteiger partial charge < -0.3 is 20.1 Å². The van der Waals surface area contributed by atoms with Gasteiger partial charge in [-0.2, -0.15) is 0 Å². The summed E-state index contributed by atoms with van der Waals surface area (Å²) in [4.78, 5) is 24.4. The highest BCUT2D eigenvalue weighted by Crippen LogP contribution is 2.17. The van der Waals surface area contributed by atoms with Crippen molar-refractivity contribution in [2.45, 2.75) is 26.3 Å². The molecule has 1 aromatic carbocycles. The Kier molecular flexibility index (Phi) is 5.41. The van der Waals surface area contributed by atoms with Crippen molar-refractivity contribution >= 4 is 17.5 Å². The predicted molar refractivity (Wildman–Crippen MR) is 82.3 cm³/mol. The van der Waals surface area contributed by atoms with E-state index in [-0.39, 0.29) is 17.7 Å². The lowest BCUT2D eigenvalue weighted by Crippen LogP contribution is -2.32. The molecule has 118 valence electrons. The SMILES string of the molecule is CCC(C)NC(=O)c1ccccc1NC(=O)C1=COCCO1. The molecule has 6 nitrogen and oxygen atoms in total. The highest BCUT2D eigenvalue weighted by atomic mass is 16.6. The molecule has 0 saturated heterocycles. The van der Waals surface area contributed by atoms with Crippen LogP contribution >= 0.6 is 0 Å². The minimum absolute atomic E-state index is 0.0639. The number of hydrogen-bond acceptors (Lipinski definition) is 4. The lowest BCUT2D eigenvalue weighted by molar-refractivity contribution is -0.117. The van der Waals surface area contributed by atoms with Crippen molar-refractivity contribution in [3.63, 3.8) is 0 Å². The number of ether oxygens (including phenoxy) is 2. The third-order valence-electron chi connectivity index (χ3n) is 3.28. The van der Waals surface area contributed by atoms with Crippen LogP contribution in [0.2, 0.25) is 0 Å². The fourth-order valence-corrected chi connectivity index (χ4v) is 1.87. The number of para-hydroxylation sites is 1. The van der Waals surface area contributed by atoms with E-state index in [0.29, 0.717) is 24.5 Å². The van der Waals surface area contributed by atoms with Crippen LogP contribution < -0.4 is 10.6 Å². The Hall–Kier alpha value is -2.50. The number of nitrogens with one attached hydrogen (secondary N) is 2. The second-order valence-corrected chi connectivity index (χ2v) is 4.98. The number of anilines is 1. The minimum atomic E-state index is -0.441. The van der Waals surface area contributed by atoms with E-state index in [9.17, 15) is 9.59 Å². The molecule has 1 unspecified atom stereocenters. The lowest BCUT2D eigenvalue weighted by Gasteiger charge is -2.17. The van der Waals surface area contributed by atoms with Gasteiger partial charge in [0.25, 0.3) is 11.8 Å². The standard InChI is InChI=1S/C16H20N2O4/c1-3-11(2)17-15(19)12-6-4-5-7-13(12)18-16(20)14-10-21-8-9-22-14/h4-7,10-11H,3,8-9H2,1-2H3,(H,17,19)(H,18,20). The molecule has 6 heteroatoms. The van der Waals surface area contributed by atoms with E-state index in [1.807, 2.05) is 13.8 Å². The molecule has 0 aromatic heterocycles. The van der Waals surface area contributed by atoms with Crippen LogP contribution in [-0.4, -0.2) is 31.1 Å². The predicted octanol–water partition coefficient (Wildman–Crippen LogP) is 2.04. The summed E-state index contributed by atoms with van der Waals surface area (Å²) in [5.74, 6) is -0.563. The van der Waals surface area contributed by atoms with Crippen molar-refractivity contribution in [3.05, 3.63) is 41.9 Å². The zero-order valence-electron chi connectivity index (χ0n) is 12.7. The maximum Gasteiger partial charge on any atom is 0.294 e. The molecule has 0 saturated carbocycles. The first kappa shape index (κ1) is 15.9. The fourth-order valence-electron chi connectivity index (χ4n) is 1.87. The summed E-state index contributed by atoms with van der Waals surface area (Å²) in [5, 5.41) is 5.56. The Balaban J connectivity index is 2.12. The molecule has 22 heavy (non-hydrogen) atoms. The zero-order chi connectivity index (χ0) is 15.9. The van der Waals surface area contributed by atoms with E-state index in [1.165, 1.54) is 6.26 Å². The van der Waals surface area contributed by atoms with Crippen LogP contribution in [0.25, 0.3) is 0 Å². The van der Waals surface area contributed by atoms with Crippen LogP contribution in [0.1, 0.15) is 30.6 Å². The number of rotatable bonds is 5. The third-order valence-corrected chi connectivity index (χ3v) is 3.28. The number of carbonyl (C=O) groups is 2. The number of benzene rings is 1. The molecule has 1 atom stereocenters. The first-order valence-corrected chi connectivity index (χ1v) is 7.27. The molecule has 2 rings (SSSR count). The highest BCUT2D eigenvalue weighted by Gasteiger charge is 2.19. The molecule has 1 aliphatic rings. The summed E-state index contributed by atoms with van der Waals surface area (Å²) in [7, 11) is 0. The van der Waals surface area contributed by atoms with Gasteiger partial charge >= 0.3 is 0 Å². The summed E-state index contributed by atoms with van der Waals surface area (Å²) < 4.78 is 10.3. The Morgan fingerprint density at radius 2 is 2.00 bits per heavy atom. The van der Waals surface area contributed by atoms with Gasteiger partial charge in [-0.1, -0.05) is 19.1 Å². The average molecular weight is 304 g/mol. The molecule has 1 heterocycles. The van der Waals surface area contributed by atoms with Gasteiger partial charge in [-0.15, -0.1) is 0 Å². The van der Waals surface area contributed by atoms with Crippen molar-refractivity contribution in [1.29, 1.82) is 0 Å². The highest BCUT2D eigenvalue weighted by molar-refractivity contribution is 6.07. The van der Waals surface area contributed by atoms with Gasteiger partial charge in [0.2, 0.25) is 5.76 Å². The lowest BCUT2D eigenvalue weighted by atomic mass is 10.1. The normalized spacial score (nSPS) is 14.9. The van der Waals surface area contributed by atoms with Crippen molar-refractivity contribution in [2.24, 2.45) is 0 Å². The van der Waals surface area contributed by atoms with E-state index in [4.69, 9.17) is 9.47 Å². The molecule has 1 aliphatic heterocycles. The van der Waals surface area contributed by atoms with Crippen LogP contribution in [0.3, 0.4) is 0 Å². The topological polar surface area (TPSA) is 76.7 Å². The van der Waals surface area contributed by atoms with Crippen LogP contribution in [-0.2, 0) is 14.3 Å². The Labute approximate surface area is 129 Å². The molecule has 2 N–H and O–H groups in total. The quantitative estimate of drug-likeness (QED) is 0.873. The number of carbonyl (C=O) groups excluding carboxylic acids is 2. The van der Waals surface area contributed by atoms with Crippen LogP contribution in [0.4, 0.5) is 5.69 Å². The van der Waals surface area contributed by atoms with Gasteiger partial charge in [0, 0.05) is 6.04 Å². The van der Waals surface area contributed by atoms with Crippen molar-refractivity contribution in [3.8, 4) is 0 Å². The Bertz CT molecular complexity index is 583. The van der Waals surface area contributed by atoms with E-state index >= 15 is 0 Å². The third kappa shape index (κ3) is 4.00. The second kappa shape index (κ2) is 7.49. The fraction of sp³-hybridized carbons (Fsp3) is 0.375. The van der Waals surface area contributed by atoms with Gasteiger partial charge in [-0.05, 0) is 25.5 Å². The first-order valence-electron chi connectivity index (χ1n) is 7.27. The van der Waals surface area contributed by atoms with E-state index < -0.39 is 5.91 Å². The molecule has 1 aromatic rings. The Morgan fingerprint density at radius 1 is 1.23 bits per heavy atom. The number of amides is 2. The first-order chi connectivity index (χ1) is 10.6. The largest absolute Gasteiger partial charge is 0.494 e. The second-order valence-electron chi connectivity index (χ2n) is 4.98. The van der Waals surface area contributed by atoms with Gasteiger partial charge in [0.05, 0.1) is 11.3 Å². The van der Waals surface area contributed by atoms with Gasteiger partial charge in [-0.3, -0.25) is 9.59 Å². The smallest absolute Gasteiger partial charge is 0.294 e. The molecule has 0 aliphatic carbocycles.